The number of benzene rings is 2. The summed E-state index contributed by atoms with van der Waals surface area (Å²) < 4.78 is 5.10. The SMILES string of the molecule is CC(C)(C)NC(=O)COC(=O)CS[C@H](c1ccccc1)c1ccc(Cl)cc1. The molecule has 0 unspecified atom stereocenters. The van der Waals surface area contributed by atoms with E-state index in [1.807, 2.05) is 75.4 Å². The number of ether oxygens (including phenoxy) is 1. The molecule has 0 bridgehead atoms. The van der Waals surface area contributed by atoms with Crippen LogP contribution in [0, 0.1) is 0 Å². The third-order valence-electron chi connectivity index (χ3n) is 3.52. The van der Waals surface area contributed by atoms with Gasteiger partial charge in [-0.1, -0.05) is 54.1 Å². The summed E-state index contributed by atoms with van der Waals surface area (Å²) in [6.07, 6.45) is 0. The Kier molecular flexibility index (Phi) is 7.75. The Labute approximate surface area is 169 Å². The van der Waals surface area contributed by atoms with Gasteiger partial charge in [0.15, 0.2) is 6.61 Å². The second-order valence-electron chi connectivity index (χ2n) is 7.11. The summed E-state index contributed by atoms with van der Waals surface area (Å²) in [4.78, 5) is 23.9. The molecular formula is C21H24ClNO3S. The van der Waals surface area contributed by atoms with Gasteiger partial charge in [0.05, 0.1) is 11.0 Å². The summed E-state index contributed by atoms with van der Waals surface area (Å²) in [5.74, 6) is -0.581. The highest BCUT2D eigenvalue weighted by Crippen LogP contribution is 2.36. The van der Waals surface area contributed by atoms with Crippen LogP contribution in [0.15, 0.2) is 54.6 Å². The summed E-state index contributed by atoms with van der Waals surface area (Å²) >= 11 is 7.44. The lowest BCUT2D eigenvalue weighted by molar-refractivity contribution is -0.146. The van der Waals surface area contributed by atoms with Crippen LogP contribution in [0.2, 0.25) is 5.02 Å². The predicted molar refractivity (Wildman–Crippen MR) is 111 cm³/mol. The number of amides is 1. The molecule has 2 aromatic rings. The summed E-state index contributed by atoms with van der Waals surface area (Å²) in [6, 6.07) is 17.5. The number of thioether (sulfide) groups is 1. The molecule has 2 rings (SSSR count). The minimum Gasteiger partial charge on any atom is -0.455 e. The average Bonchev–Trinajstić information content (AvgIpc) is 2.61. The molecular weight excluding hydrogens is 382 g/mol. The predicted octanol–water partition coefficient (Wildman–Crippen LogP) is 4.62. The number of rotatable bonds is 7. The molecule has 1 amide bonds. The number of halogens is 1. The quantitative estimate of drug-likeness (QED) is 0.683. The minimum absolute atomic E-state index is 0.0283. The smallest absolute Gasteiger partial charge is 0.316 e. The standard InChI is InChI=1S/C21H24ClNO3S/c1-21(2,3)23-18(24)13-26-19(25)14-27-20(15-7-5-4-6-8-15)16-9-11-17(22)12-10-16/h4-12,20H,13-14H2,1-3H3,(H,23,24)/t20-/m1/s1. The maximum Gasteiger partial charge on any atom is 0.316 e. The van der Waals surface area contributed by atoms with Crippen molar-refractivity contribution in [1.82, 2.24) is 5.32 Å². The van der Waals surface area contributed by atoms with Crippen molar-refractivity contribution >= 4 is 35.2 Å². The summed E-state index contributed by atoms with van der Waals surface area (Å²) in [5, 5.41) is 3.40. The van der Waals surface area contributed by atoms with E-state index in [4.69, 9.17) is 16.3 Å². The fourth-order valence-electron chi connectivity index (χ4n) is 2.44. The fourth-order valence-corrected chi connectivity index (χ4v) is 3.65. The highest BCUT2D eigenvalue weighted by atomic mass is 35.5. The van der Waals surface area contributed by atoms with Crippen LogP contribution in [0.5, 0.6) is 0 Å². The number of hydrogen-bond acceptors (Lipinski definition) is 4. The fraction of sp³-hybridized carbons (Fsp3) is 0.333. The molecule has 2 aromatic carbocycles. The molecule has 6 heteroatoms. The van der Waals surface area contributed by atoms with Crippen molar-refractivity contribution in [3.63, 3.8) is 0 Å². The van der Waals surface area contributed by atoms with Gasteiger partial charge in [0.25, 0.3) is 5.91 Å². The molecule has 0 aliphatic carbocycles. The highest BCUT2D eigenvalue weighted by Gasteiger charge is 2.19. The van der Waals surface area contributed by atoms with Crippen molar-refractivity contribution in [3.05, 3.63) is 70.7 Å². The van der Waals surface area contributed by atoms with E-state index in [0.29, 0.717) is 5.02 Å². The molecule has 27 heavy (non-hydrogen) atoms. The molecule has 4 nitrogen and oxygen atoms in total. The van der Waals surface area contributed by atoms with Gasteiger partial charge in [0.2, 0.25) is 0 Å². The van der Waals surface area contributed by atoms with Crippen molar-refractivity contribution in [2.45, 2.75) is 31.6 Å². The third-order valence-corrected chi connectivity index (χ3v) is 5.05. The highest BCUT2D eigenvalue weighted by molar-refractivity contribution is 8.00. The van der Waals surface area contributed by atoms with Crippen molar-refractivity contribution in [2.75, 3.05) is 12.4 Å². The van der Waals surface area contributed by atoms with Crippen LogP contribution < -0.4 is 5.32 Å². The van der Waals surface area contributed by atoms with Crippen LogP contribution in [0.4, 0.5) is 0 Å². The number of carbonyl (C=O) groups excluding carboxylic acids is 2. The van der Waals surface area contributed by atoms with Gasteiger partial charge in [0.1, 0.15) is 0 Å². The van der Waals surface area contributed by atoms with E-state index in [0.717, 1.165) is 11.1 Å². The molecule has 0 aliphatic rings. The average molecular weight is 406 g/mol. The van der Waals surface area contributed by atoms with Gasteiger partial charge >= 0.3 is 5.97 Å². The Hall–Kier alpha value is -1.98. The van der Waals surface area contributed by atoms with E-state index < -0.39 is 5.97 Å². The second kappa shape index (κ2) is 9.81. The molecule has 0 radical (unpaired) electrons. The lowest BCUT2D eigenvalue weighted by atomic mass is 10.0. The van der Waals surface area contributed by atoms with Gasteiger partial charge in [-0.15, -0.1) is 11.8 Å². The Morgan fingerprint density at radius 1 is 1.04 bits per heavy atom. The zero-order valence-corrected chi connectivity index (χ0v) is 17.3. The van der Waals surface area contributed by atoms with E-state index in [9.17, 15) is 9.59 Å². The van der Waals surface area contributed by atoms with Crippen LogP contribution in [0.1, 0.15) is 37.1 Å². The third kappa shape index (κ3) is 7.65. The van der Waals surface area contributed by atoms with Crippen LogP contribution in [-0.2, 0) is 14.3 Å². The van der Waals surface area contributed by atoms with Crippen LogP contribution >= 0.6 is 23.4 Å². The zero-order valence-electron chi connectivity index (χ0n) is 15.7. The maximum atomic E-state index is 12.1. The molecule has 0 saturated carbocycles. The van der Waals surface area contributed by atoms with Gasteiger partial charge in [-0.25, -0.2) is 0 Å². The topological polar surface area (TPSA) is 55.4 Å². The van der Waals surface area contributed by atoms with Gasteiger partial charge in [-0.3, -0.25) is 9.59 Å². The number of esters is 1. The minimum atomic E-state index is -0.418. The number of carbonyl (C=O) groups is 2. The Balaban J connectivity index is 1.97. The largest absolute Gasteiger partial charge is 0.455 e. The van der Waals surface area contributed by atoms with Gasteiger partial charge < -0.3 is 10.1 Å². The summed E-state index contributed by atoms with van der Waals surface area (Å²) in [6.45, 7) is 5.35. The van der Waals surface area contributed by atoms with Gasteiger partial charge in [-0.05, 0) is 44.0 Å². The maximum absolute atomic E-state index is 12.1. The molecule has 0 spiro atoms. The van der Waals surface area contributed by atoms with Crippen LogP contribution in [0.3, 0.4) is 0 Å². The Morgan fingerprint density at radius 2 is 1.63 bits per heavy atom. The zero-order chi connectivity index (χ0) is 19.9. The van der Waals surface area contributed by atoms with Crippen molar-refractivity contribution < 1.29 is 14.3 Å². The molecule has 0 aliphatic heterocycles. The van der Waals surface area contributed by atoms with Crippen LogP contribution in [0.25, 0.3) is 0 Å². The van der Waals surface area contributed by atoms with Crippen molar-refractivity contribution in [2.24, 2.45) is 0 Å². The van der Waals surface area contributed by atoms with E-state index in [-0.39, 0.29) is 29.1 Å². The van der Waals surface area contributed by atoms with E-state index >= 15 is 0 Å². The first kappa shape index (κ1) is 21.3. The molecule has 0 aromatic heterocycles. The Morgan fingerprint density at radius 3 is 2.22 bits per heavy atom. The molecule has 0 heterocycles. The molecule has 1 atom stereocenters. The van der Waals surface area contributed by atoms with Crippen molar-refractivity contribution in [1.29, 1.82) is 0 Å². The monoisotopic (exact) mass is 405 g/mol. The second-order valence-corrected chi connectivity index (χ2v) is 8.64. The number of nitrogens with one attached hydrogen (secondary N) is 1. The molecule has 144 valence electrons. The summed E-state index contributed by atoms with van der Waals surface area (Å²) in [5.41, 5.74) is 1.78. The molecule has 0 fully saturated rings. The van der Waals surface area contributed by atoms with Crippen molar-refractivity contribution in [3.8, 4) is 0 Å². The van der Waals surface area contributed by atoms with Crippen LogP contribution in [-0.4, -0.2) is 29.8 Å². The van der Waals surface area contributed by atoms with Gasteiger partial charge in [0, 0.05) is 10.6 Å². The summed E-state index contributed by atoms with van der Waals surface area (Å²) in [7, 11) is 0. The van der Waals surface area contributed by atoms with E-state index in [1.54, 1.807) is 0 Å². The van der Waals surface area contributed by atoms with E-state index in [1.165, 1.54) is 11.8 Å². The van der Waals surface area contributed by atoms with E-state index in [2.05, 4.69) is 5.32 Å². The first-order valence-corrected chi connectivity index (χ1v) is 10.1. The first-order valence-electron chi connectivity index (χ1n) is 8.63. The number of hydrogen-bond donors (Lipinski definition) is 1. The lowest BCUT2D eigenvalue weighted by Gasteiger charge is -2.20. The Bertz CT molecular complexity index is 757. The lowest BCUT2D eigenvalue weighted by Crippen LogP contribution is -2.42. The molecule has 1 N–H and O–H groups in total. The van der Waals surface area contributed by atoms with Gasteiger partial charge in [-0.2, -0.15) is 0 Å². The normalized spacial score (nSPS) is 12.3. The molecule has 0 saturated heterocycles. The first-order chi connectivity index (χ1) is 12.7.